The van der Waals surface area contributed by atoms with Gasteiger partial charge in [0.1, 0.15) is 11.6 Å². The van der Waals surface area contributed by atoms with Crippen molar-refractivity contribution in [2.75, 3.05) is 38.2 Å². The van der Waals surface area contributed by atoms with Crippen LogP contribution < -0.4 is 9.64 Å². The number of fused-ring (bicyclic) bond motifs is 1. The SMILES string of the molecule is COc1ccc(C(=O)N2CCCN(c3ccc4nnc(C5CC5)n4n3)CC2)cc1. The number of methoxy groups -OCH3 is 1. The van der Waals surface area contributed by atoms with Gasteiger partial charge in [-0.05, 0) is 55.7 Å². The van der Waals surface area contributed by atoms with Crippen LogP contribution in [-0.2, 0) is 0 Å². The quantitative estimate of drug-likeness (QED) is 0.679. The first-order valence-corrected chi connectivity index (χ1v) is 10.1. The standard InChI is InChI=1S/C21H24N6O2/c1-29-17-7-5-16(6-8-17)21(28)26-12-2-11-25(13-14-26)19-10-9-18-22-23-20(15-3-4-15)27(18)24-19/h5-10,15H,2-4,11-14H2,1H3. The number of rotatable bonds is 4. The van der Waals surface area contributed by atoms with Gasteiger partial charge in [0, 0.05) is 37.7 Å². The summed E-state index contributed by atoms with van der Waals surface area (Å²) in [6.07, 6.45) is 3.23. The summed E-state index contributed by atoms with van der Waals surface area (Å²) in [7, 11) is 1.62. The number of benzene rings is 1. The first-order valence-electron chi connectivity index (χ1n) is 10.1. The molecule has 2 aromatic heterocycles. The van der Waals surface area contributed by atoms with Crippen molar-refractivity contribution in [1.29, 1.82) is 0 Å². The second-order valence-electron chi connectivity index (χ2n) is 7.66. The summed E-state index contributed by atoms with van der Waals surface area (Å²) in [6.45, 7) is 3.03. The van der Waals surface area contributed by atoms with E-state index in [2.05, 4.69) is 15.1 Å². The molecule has 0 unspecified atom stereocenters. The van der Waals surface area contributed by atoms with E-state index in [1.807, 2.05) is 45.8 Å². The zero-order chi connectivity index (χ0) is 19.8. The summed E-state index contributed by atoms with van der Waals surface area (Å²) in [5, 5.41) is 13.4. The van der Waals surface area contributed by atoms with E-state index < -0.39 is 0 Å². The Balaban J connectivity index is 1.31. The summed E-state index contributed by atoms with van der Waals surface area (Å²) in [5.41, 5.74) is 1.49. The van der Waals surface area contributed by atoms with E-state index in [9.17, 15) is 4.79 Å². The highest BCUT2D eigenvalue weighted by atomic mass is 16.5. The Kier molecular flexibility index (Phi) is 4.54. The molecular formula is C21H24N6O2. The fourth-order valence-corrected chi connectivity index (χ4v) is 3.83. The van der Waals surface area contributed by atoms with E-state index in [-0.39, 0.29) is 5.91 Å². The molecule has 0 bridgehead atoms. The van der Waals surface area contributed by atoms with Crippen LogP contribution in [0.2, 0.25) is 0 Å². The van der Waals surface area contributed by atoms with Crippen molar-refractivity contribution in [1.82, 2.24) is 24.7 Å². The topological polar surface area (TPSA) is 75.9 Å². The lowest BCUT2D eigenvalue weighted by atomic mass is 10.2. The van der Waals surface area contributed by atoms with Crippen molar-refractivity contribution < 1.29 is 9.53 Å². The smallest absolute Gasteiger partial charge is 0.253 e. The van der Waals surface area contributed by atoms with E-state index >= 15 is 0 Å². The fraction of sp³-hybridized carbons (Fsp3) is 0.429. The lowest BCUT2D eigenvalue weighted by molar-refractivity contribution is 0.0767. The van der Waals surface area contributed by atoms with Gasteiger partial charge in [-0.25, -0.2) is 0 Å². The molecule has 29 heavy (non-hydrogen) atoms. The van der Waals surface area contributed by atoms with Gasteiger partial charge in [-0.3, -0.25) is 4.79 Å². The van der Waals surface area contributed by atoms with Crippen molar-refractivity contribution in [3.63, 3.8) is 0 Å². The van der Waals surface area contributed by atoms with Crippen LogP contribution in [0.3, 0.4) is 0 Å². The highest BCUT2D eigenvalue weighted by molar-refractivity contribution is 5.94. The largest absolute Gasteiger partial charge is 0.497 e. The Morgan fingerprint density at radius 3 is 2.59 bits per heavy atom. The Morgan fingerprint density at radius 2 is 1.83 bits per heavy atom. The molecule has 1 aliphatic heterocycles. The normalized spacial score (nSPS) is 17.4. The lowest BCUT2D eigenvalue weighted by Gasteiger charge is -2.23. The molecule has 1 amide bonds. The number of carbonyl (C=O) groups is 1. The molecule has 1 saturated carbocycles. The van der Waals surface area contributed by atoms with E-state index in [0.717, 1.165) is 49.1 Å². The molecule has 1 aromatic carbocycles. The molecule has 3 aromatic rings. The lowest BCUT2D eigenvalue weighted by Crippen LogP contribution is -2.35. The summed E-state index contributed by atoms with van der Waals surface area (Å²) in [4.78, 5) is 17.1. The second kappa shape index (κ2) is 7.35. The van der Waals surface area contributed by atoms with Crippen molar-refractivity contribution in [3.05, 3.63) is 47.8 Å². The summed E-state index contributed by atoms with van der Waals surface area (Å²) >= 11 is 0. The van der Waals surface area contributed by atoms with Crippen molar-refractivity contribution in [2.45, 2.75) is 25.2 Å². The molecule has 5 rings (SSSR count). The van der Waals surface area contributed by atoms with Gasteiger partial charge in [-0.15, -0.1) is 15.3 Å². The minimum absolute atomic E-state index is 0.0627. The van der Waals surface area contributed by atoms with Crippen molar-refractivity contribution in [3.8, 4) is 5.75 Å². The van der Waals surface area contributed by atoms with Crippen LogP contribution in [0.15, 0.2) is 36.4 Å². The summed E-state index contributed by atoms with van der Waals surface area (Å²) in [5.74, 6) is 3.19. The number of anilines is 1. The van der Waals surface area contributed by atoms with Gasteiger partial charge in [-0.1, -0.05) is 0 Å². The van der Waals surface area contributed by atoms with Crippen LogP contribution in [-0.4, -0.2) is 63.9 Å². The minimum Gasteiger partial charge on any atom is -0.497 e. The minimum atomic E-state index is 0.0627. The van der Waals surface area contributed by atoms with Crippen molar-refractivity contribution in [2.24, 2.45) is 0 Å². The highest BCUT2D eigenvalue weighted by Crippen LogP contribution is 2.38. The van der Waals surface area contributed by atoms with E-state index in [1.165, 1.54) is 12.8 Å². The van der Waals surface area contributed by atoms with E-state index in [1.54, 1.807) is 7.11 Å². The number of amides is 1. The molecule has 0 radical (unpaired) electrons. The zero-order valence-electron chi connectivity index (χ0n) is 16.5. The monoisotopic (exact) mass is 392 g/mol. The number of nitrogens with zero attached hydrogens (tertiary/aromatic N) is 6. The maximum absolute atomic E-state index is 12.9. The fourth-order valence-electron chi connectivity index (χ4n) is 3.83. The molecule has 8 heteroatoms. The maximum atomic E-state index is 12.9. The molecule has 8 nitrogen and oxygen atoms in total. The predicted octanol–water partition coefficient (Wildman–Crippen LogP) is 2.36. The summed E-state index contributed by atoms with van der Waals surface area (Å²) in [6, 6.07) is 11.3. The zero-order valence-corrected chi connectivity index (χ0v) is 16.5. The number of hydrogen-bond donors (Lipinski definition) is 0. The van der Waals surface area contributed by atoms with Crippen molar-refractivity contribution >= 4 is 17.4 Å². The van der Waals surface area contributed by atoms with Crippen LogP contribution in [0.1, 0.15) is 41.4 Å². The van der Waals surface area contributed by atoms with Gasteiger partial charge in [0.2, 0.25) is 0 Å². The number of aromatic nitrogens is 4. The first-order chi connectivity index (χ1) is 14.2. The van der Waals surface area contributed by atoms with Gasteiger partial charge in [0.15, 0.2) is 11.5 Å². The highest BCUT2D eigenvalue weighted by Gasteiger charge is 2.29. The Labute approximate surface area is 169 Å². The van der Waals surface area contributed by atoms with Gasteiger partial charge in [0.25, 0.3) is 5.91 Å². The maximum Gasteiger partial charge on any atom is 0.253 e. The van der Waals surface area contributed by atoms with Gasteiger partial charge < -0.3 is 14.5 Å². The molecule has 2 aliphatic rings. The third-order valence-corrected chi connectivity index (χ3v) is 5.66. The van der Waals surface area contributed by atoms with E-state index in [0.29, 0.717) is 18.0 Å². The van der Waals surface area contributed by atoms with Gasteiger partial charge >= 0.3 is 0 Å². The summed E-state index contributed by atoms with van der Waals surface area (Å²) < 4.78 is 7.07. The van der Waals surface area contributed by atoms with Crippen LogP contribution in [0, 0.1) is 0 Å². The van der Waals surface area contributed by atoms with Gasteiger partial charge in [0.05, 0.1) is 7.11 Å². The van der Waals surface area contributed by atoms with Crippen LogP contribution in [0.25, 0.3) is 5.65 Å². The number of hydrogen-bond acceptors (Lipinski definition) is 6. The molecule has 1 saturated heterocycles. The molecular weight excluding hydrogens is 368 g/mol. The van der Waals surface area contributed by atoms with Crippen LogP contribution >= 0.6 is 0 Å². The molecule has 0 atom stereocenters. The van der Waals surface area contributed by atoms with Gasteiger partial charge in [-0.2, -0.15) is 4.52 Å². The number of carbonyl (C=O) groups excluding carboxylic acids is 1. The third-order valence-electron chi connectivity index (χ3n) is 5.66. The first kappa shape index (κ1) is 17.9. The molecule has 150 valence electrons. The van der Waals surface area contributed by atoms with E-state index in [4.69, 9.17) is 9.84 Å². The Morgan fingerprint density at radius 1 is 1.00 bits per heavy atom. The molecule has 0 N–H and O–H groups in total. The average Bonchev–Trinajstić information content (AvgIpc) is 3.56. The second-order valence-corrected chi connectivity index (χ2v) is 7.66. The Bertz CT molecular complexity index is 1030. The number of ether oxygens (including phenoxy) is 1. The molecule has 2 fully saturated rings. The Hall–Kier alpha value is -3.16. The average molecular weight is 392 g/mol. The molecule has 1 aliphatic carbocycles. The van der Waals surface area contributed by atoms with Crippen LogP contribution in [0.4, 0.5) is 5.82 Å². The third kappa shape index (κ3) is 3.50. The molecule has 3 heterocycles. The predicted molar refractivity (Wildman–Crippen MR) is 108 cm³/mol. The molecule has 0 spiro atoms. The van der Waals surface area contributed by atoms with Crippen LogP contribution in [0.5, 0.6) is 5.75 Å².